The van der Waals surface area contributed by atoms with Crippen LogP contribution in [0.15, 0.2) is 18.2 Å². The molecule has 0 saturated carbocycles. The minimum atomic E-state index is -1.03. The van der Waals surface area contributed by atoms with Crippen molar-refractivity contribution in [1.82, 2.24) is 0 Å². The molecule has 1 aromatic carbocycles. The maximum atomic E-state index is 12.4. The SMILES string of the molecule is CCCCCOC(=O)O[C@@H](C)COC(=O)[C@@H](N)Cc1ccc(OC(=O)C(C)CC)c(OC(=O)C(C)CC)c1. The molecule has 1 aromatic rings. The lowest BCUT2D eigenvalue weighted by atomic mass is 10.1. The second-order valence-electron chi connectivity index (χ2n) is 9.42. The van der Waals surface area contributed by atoms with Crippen molar-refractivity contribution >= 4 is 24.1 Å². The molecule has 214 valence electrons. The van der Waals surface area contributed by atoms with Gasteiger partial charge in [-0.2, -0.15) is 0 Å². The van der Waals surface area contributed by atoms with Gasteiger partial charge in [0.2, 0.25) is 0 Å². The average Bonchev–Trinajstić information content (AvgIpc) is 2.89. The van der Waals surface area contributed by atoms with Crippen LogP contribution in [0.4, 0.5) is 4.79 Å². The second-order valence-corrected chi connectivity index (χ2v) is 9.42. The molecule has 0 aliphatic carbocycles. The fourth-order valence-electron chi connectivity index (χ4n) is 2.98. The molecular formula is C28H43NO9. The van der Waals surface area contributed by atoms with Gasteiger partial charge in [0.05, 0.1) is 18.4 Å². The Morgan fingerprint density at radius 1 is 0.816 bits per heavy atom. The molecule has 0 aliphatic rings. The minimum absolute atomic E-state index is 0.0704. The van der Waals surface area contributed by atoms with Gasteiger partial charge in [0.1, 0.15) is 18.8 Å². The van der Waals surface area contributed by atoms with E-state index in [0.29, 0.717) is 18.4 Å². The monoisotopic (exact) mass is 537 g/mol. The third-order valence-electron chi connectivity index (χ3n) is 5.94. The van der Waals surface area contributed by atoms with Crippen molar-refractivity contribution in [2.75, 3.05) is 13.2 Å². The van der Waals surface area contributed by atoms with Crippen LogP contribution >= 0.6 is 0 Å². The summed E-state index contributed by atoms with van der Waals surface area (Å²) in [5.41, 5.74) is 6.60. The molecule has 2 unspecified atom stereocenters. The van der Waals surface area contributed by atoms with Gasteiger partial charge >= 0.3 is 24.1 Å². The number of rotatable bonds is 16. The molecule has 0 aromatic heterocycles. The van der Waals surface area contributed by atoms with Crippen molar-refractivity contribution in [3.8, 4) is 11.5 Å². The summed E-state index contributed by atoms with van der Waals surface area (Å²) in [5, 5.41) is 0. The molecule has 38 heavy (non-hydrogen) atoms. The Labute approximate surface area is 225 Å². The lowest BCUT2D eigenvalue weighted by molar-refractivity contribution is -0.148. The molecular weight excluding hydrogens is 494 g/mol. The minimum Gasteiger partial charge on any atom is -0.461 e. The molecule has 0 fully saturated rings. The van der Waals surface area contributed by atoms with E-state index in [1.54, 1.807) is 26.8 Å². The number of carbonyl (C=O) groups is 4. The largest absolute Gasteiger partial charge is 0.508 e. The number of esters is 3. The molecule has 4 atom stereocenters. The predicted molar refractivity (Wildman–Crippen MR) is 141 cm³/mol. The van der Waals surface area contributed by atoms with E-state index >= 15 is 0 Å². The molecule has 0 radical (unpaired) electrons. The number of unbranched alkanes of at least 4 members (excludes halogenated alkanes) is 2. The summed E-state index contributed by atoms with van der Waals surface area (Å²) in [6.45, 7) is 10.9. The highest BCUT2D eigenvalue weighted by atomic mass is 16.7. The summed E-state index contributed by atoms with van der Waals surface area (Å²) in [6, 6.07) is 3.63. The van der Waals surface area contributed by atoms with E-state index < -0.39 is 36.2 Å². The maximum absolute atomic E-state index is 12.4. The molecule has 0 saturated heterocycles. The van der Waals surface area contributed by atoms with Gasteiger partial charge in [-0.05, 0) is 50.3 Å². The van der Waals surface area contributed by atoms with Crippen molar-refractivity contribution in [1.29, 1.82) is 0 Å². The van der Waals surface area contributed by atoms with Crippen LogP contribution in [0, 0.1) is 11.8 Å². The summed E-state index contributed by atoms with van der Waals surface area (Å²) in [7, 11) is 0. The molecule has 10 nitrogen and oxygen atoms in total. The number of carbonyl (C=O) groups excluding carboxylic acids is 4. The van der Waals surface area contributed by atoms with Gasteiger partial charge in [-0.3, -0.25) is 14.4 Å². The van der Waals surface area contributed by atoms with E-state index in [4.69, 9.17) is 29.4 Å². The first kappa shape index (κ1) is 32.9. The molecule has 0 amide bonds. The zero-order valence-corrected chi connectivity index (χ0v) is 23.4. The van der Waals surface area contributed by atoms with Crippen LogP contribution in [0.1, 0.15) is 79.2 Å². The first-order chi connectivity index (χ1) is 18.0. The van der Waals surface area contributed by atoms with Crippen LogP contribution < -0.4 is 15.2 Å². The van der Waals surface area contributed by atoms with E-state index in [2.05, 4.69) is 0 Å². The molecule has 1 rings (SSSR count). The Morgan fingerprint density at radius 2 is 1.42 bits per heavy atom. The van der Waals surface area contributed by atoms with Gasteiger partial charge < -0.3 is 29.4 Å². The third-order valence-corrected chi connectivity index (χ3v) is 5.94. The zero-order chi connectivity index (χ0) is 28.7. The zero-order valence-electron chi connectivity index (χ0n) is 23.4. The normalized spacial score (nSPS) is 14.0. The highest BCUT2D eigenvalue weighted by Gasteiger charge is 2.23. The Hall–Kier alpha value is -3.14. The van der Waals surface area contributed by atoms with Crippen molar-refractivity contribution in [3.05, 3.63) is 23.8 Å². The Kier molecular flexibility index (Phi) is 15.0. The van der Waals surface area contributed by atoms with Crippen LogP contribution in [0.2, 0.25) is 0 Å². The quantitative estimate of drug-likeness (QED) is 0.179. The topological polar surface area (TPSA) is 140 Å². The molecule has 0 spiro atoms. The van der Waals surface area contributed by atoms with Gasteiger partial charge in [0.25, 0.3) is 0 Å². The van der Waals surface area contributed by atoms with Crippen molar-refractivity contribution in [2.45, 2.75) is 92.2 Å². The second kappa shape index (κ2) is 17.4. The lowest BCUT2D eigenvalue weighted by Crippen LogP contribution is -2.36. The van der Waals surface area contributed by atoms with Crippen LogP contribution in [-0.4, -0.2) is 49.4 Å². The molecule has 0 bridgehead atoms. The van der Waals surface area contributed by atoms with Crippen LogP contribution in [0.5, 0.6) is 11.5 Å². The summed E-state index contributed by atoms with van der Waals surface area (Å²) < 4.78 is 26.2. The Balaban J connectivity index is 2.78. The molecule has 0 heterocycles. The highest BCUT2D eigenvalue weighted by molar-refractivity contribution is 5.79. The number of nitrogens with two attached hydrogens (primary N) is 1. The molecule has 10 heteroatoms. The van der Waals surface area contributed by atoms with Crippen molar-refractivity contribution in [3.63, 3.8) is 0 Å². The number of hydrogen-bond acceptors (Lipinski definition) is 10. The first-order valence-electron chi connectivity index (χ1n) is 13.3. The van der Waals surface area contributed by atoms with Crippen molar-refractivity contribution in [2.24, 2.45) is 17.6 Å². The first-order valence-corrected chi connectivity index (χ1v) is 13.3. The van der Waals surface area contributed by atoms with Gasteiger partial charge in [-0.1, -0.05) is 53.5 Å². The third kappa shape index (κ3) is 11.9. The smallest absolute Gasteiger partial charge is 0.461 e. The maximum Gasteiger partial charge on any atom is 0.508 e. The Morgan fingerprint density at radius 3 is 2.00 bits per heavy atom. The van der Waals surface area contributed by atoms with Gasteiger partial charge in [-0.25, -0.2) is 4.79 Å². The summed E-state index contributed by atoms with van der Waals surface area (Å²) in [6.07, 6.45) is 2.43. The van der Waals surface area contributed by atoms with Crippen LogP contribution in [-0.2, 0) is 35.0 Å². The lowest BCUT2D eigenvalue weighted by Gasteiger charge is -2.17. The van der Waals surface area contributed by atoms with Gasteiger partial charge in [-0.15, -0.1) is 0 Å². The average molecular weight is 538 g/mol. The number of ether oxygens (including phenoxy) is 5. The Bertz CT molecular complexity index is 918. The molecule has 2 N–H and O–H groups in total. The predicted octanol–water partition coefficient (Wildman–Crippen LogP) is 4.73. The highest BCUT2D eigenvalue weighted by Crippen LogP contribution is 2.31. The summed E-state index contributed by atoms with van der Waals surface area (Å²) in [4.78, 5) is 48.8. The van der Waals surface area contributed by atoms with E-state index in [0.717, 1.165) is 19.3 Å². The summed E-state index contributed by atoms with van der Waals surface area (Å²) >= 11 is 0. The number of hydrogen-bond donors (Lipinski definition) is 1. The van der Waals surface area contributed by atoms with Crippen LogP contribution in [0.3, 0.4) is 0 Å². The van der Waals surface area contributed by atoms with Gasteiger partial charge in [0, 0.05) is 0 Å². The van der Waals surface area contributed by atoms with Gasteiger partial charge in [0.15, 0.2) is 11.5 Å². The fraction of sp³-hybridized carbons (Fsp3) is 0.643. The standard InChI is InChI=1S/C28H43NO9/c1-7-10-11-14-34-28(33)36-20(6)17-35-27(32)22(29)15-21-12-13-23(37-25(30)18(4)8-2)24(16-21)38-26(31)19(5)9-3/h12-13,16,18-20,22H,7-11,14-15,17,29H2,1-6H3/t18?,19?,20-,22-/m0/s1. The van der Waals surface area contributed by atoms with E-state index in [1.807, 2.05) is 20.8 Å². The van der Waals surface area contributed by atoms with E-state index in [1.165, 1.54) is 12.1 Å². The van der Waals surface area contributed by atoms with Crippen molar-refractivity contribution < 1.29 is 42.9 Å². The fourth-order valence-corrected chi connectivity index (χ4v) is 2.98. The molecule has 0 aliphatic heterocycles. The summed E-state index contributed by atoms with van der Waals surface area (Å²) in [5.74, 6) is -2.10. The number of benzene rings is 1. The van der Waals surface area contributed by atoms with Crippen LogP contribution in [0.25, 0.3) is 0 Å². The van der Waals surface area contributed by atoms with E-state index in [9.17, 15) is 19.2 Å². The van der Waals surface area contributed by atoms with E-state index in [-0.39, 0.29) is 43.0 Å².